The van der Waals surface area contributed by atoms with Crippen molar-refractivity contribution in [3.05, 3.63) is 33.4 Å². The Morgan fingerprint density at radius 1 is 1.00 bits per heavy atom. The molecule has 4 aromatic rings. The van der Waals surface area contributed by atoms with Gasteiger partial charge in [0.1, 0.15) is 30.6 Å². The van der Waals surface area contributed by atoms with E-state index in [0.29, 0.717) is 0 Å². The van der Waals surface area contributed by atoms with Gasteiger partial charge >= 0.3 is 0 Å². The Balaban J connectivity index is 1.12. The summed E-state index contributed by atoms with van der Waals surface area (Å²) < 4.78 is 14.5. The SMILES string of the molecule is Nc1nc2c(ncn2[C@@H]2O[C@H](CO)[C@@H](ONC[C@H]3O[C@@H](n4cnc5c(=O)[nH]c(N)nc54)C[C@@H]3O)[C@H]2O)c(=O)[nH]1. The van der Waals surface area contributed by atoms with Gasteiger partial charge in [-0.3, -0.25) is 33.5 Å². The summed E-state index contributed by atoms with van der Waals surface area (Å²) in [5.41, 5.74) is 13.3. The zero-order valence-electron chi connectivity index (χ0n) is 20.0. The van der Waals surface area contributed by atoms with Gasteiger partial charge in [0.15, 0.2) is 28.6 Å². The minimum absolute atomic E-state index is 0.00173. The Morgan fingerprint density at radius 2 is 1.62 bits per heavy atom. The number of ether oxygens (including phenoxy) is 2. The standard InChI is InChI=1S/C20H25N11O8/c21-19-26-14-10(16(35)28-19)23-4-30(14)9-1-6(33)7(37-9)2-25-39-13-8(3-32)38-18(12(13)34)31-5-24-11-15(31)27-20(22)29-17(11)36/h4-9,12-13,18,25,32-34H,1-3H2,(H3,21,26,28,35)(H3,22,27,29,36)/t6-,7+,8+,9+,12+,13+,18+/m0/s1. The Morgan fingerprint density at radius 3 is 2.26 bits per heavy atom. The molecule has 2 aliphatic heterocycles. The second-order valence-corrected chi connectivity index (χ2v) is 9.15. The highest BCUT2D eigenvalue weighted by molar-refractivity contribution is 5.71. The summed E-state index contributed by atoms with van der Waals surface area (Å²) in [6, 6.07) is 0. The summed E-state index contributed by atoms with van der Waals surface area (Å²) >= 11 is 0. The molecule has 19 heteroatoms. The number of hydrogen-bond acceptors (Lipinski definition) is 15. The first-order valence-corrected chi connectivity index (χ1v) is 11.9. The van der Waals surface area contributed by atoms with Gasteiger partial charge in [-0.2, -0.15) is 15.4 Å². The van der Waals surface area contributed by atoms with Crippen LogP contribution in [0, 0.1) is 0 Å². The molecule has 2 saturated heterocycles. The van der Waals surface area contributed by atoms with Crippen molar-refractivity contribution in [1.82, 2.24) is 44.5 Å². The number of nitrogen functional groups attached to an aromatic ring is 2. The van der Waals surface area contributed by atoms with Gasteiger partial charge in [0.25, 0.3) is 11.1 Å². The van der Waals surface area contributed by atoms with Gasteiger partial charge in [0.2, 0.25) is 11.9 Å². The van der Waals surface area contributed by atoms with Crippen LogP contribution in [0.25, 0.3) is 22.3 Å². The van der Waals surface area contributed by atoms with Gasteiger partial charge in [0.05, 0.1) is 25.4 Å². The molecule has 19 nitrogen and oxygen atoms in total. The average molecular weight is 547 g/mol. The van der Waals surface area contributed by atoms with Crippen molar-refractivity contribution in [3.63, 3.8) is 0 Å². The first-order chi connectivity index (χ1) is 18.7. The summed E-state index contributed by atoms with van der Waals surface area (Å²) in [5.74, 6) is -0.221. The van der Waals surface area contributed by atoms with E-state index in [2.05, 4.69) is 35.4 Å². The van der Waals surface area contributed by atoms with Crippen LogP contribution >= 0.6 is 0 Å². The molecular formula is C20H25N11O8. The van der Waals surface area contributed by atoms with Crippen molar-refractivity contribution in [2.45, 2.75) is 49.4 Å². The molecule has 2 aliphatic rings. The summed E-state index contributed by atoms with van der Waals surface area (Å²) in [6.07, 6.45) is -3.94. The minimum Gasteiger partial charge on any atom is -0.394 e. The fraction of sp³-hybridized carbons (Fsp3) is 0.500. The Bertz CT molecular complexity index is 1630. The lowest BCUT2D eigenvalue weighted by Gasteiger charge is -2.22. The molecule has 2 fully saturated rings. The van der Waals surface area contributed by atoms with Crippen LogP contribution in [0.15, 0.2) is 22.2 Å². The van der Waals surface area contributed by atoms with E-state index in [0.717, 1.165) is 0 Å². The Hall–Kier alpha value is -3.98. The van der Waals surface area contributed by atoms with E-state index >= 15 is 0 Å². The molecule has 0 aromatic carbocycles. The maximum Gasteiger partial charge on any atom is 0.280 e. The predicted molar refractivity (Wildman–Crippen MR) is 130 cm³/mol. The van der Waals surface area contributed by atoms with E-state index in [4.69, 9.17) is 25.8 Å². The van der Waals surface area contributed by atoms with Crippen LogP contribution in [0.2, 0.25) is 0 Å². The number of aromatic amines is 2. The van der Waals surface area contributed by atoms with Crippen molar-refractivity contribution >= 4 is 34.2 Å². The molecular weight excluding hydrogens is 522 g/mol. The highest BCUT2D eigenvalue weighted by Gasteiger charge is 2.46. The van der Waals surface area contributed by atoms with Crippen LogP contribution in [0.5, 0.6) is 0 Å². The molecule has 0 unspecified atom stereocenters. The molecule has 0 saturated carbocycles. The number of nitrogens with zero attached hydrogens (tertiary/aromatic N) is 6. The third-order valence-corrected chi connectivity index (χ3v) is 6.68. The van der Waals surface area contributed by atoms with Gasteiger partial charge in [0, 0.05) is 13.0 Å². The van der Waals surface area contributed by atoms with Crippen LogP contribution in [-0.4, -0.2) is 98.0 Å². The number of nitrogens with two attached hydrogens (primary N) is 2. The maximum atomic E-state index is 12.1. The van der Waals surface area contributed by atoms with Crippen LogP contribution in [-0.2, 0) is 14.3 Å². The van der Waals surface area contributed by atoms with Crippen molar-refractivity contribution in [2.24, 2.45) is 0 Å². The molecule has 6 heterocycles. The van der Waals surface area contributed by atoms with E-state index in [1.807, 2.05) is 0 Å². The van der Waals surface area contributed by atoms with Gasteiger partial charge in [-0.1, -0.05) is 0 Å². The number of aliphatic hydroxyl groups is 3. The zero-order chi connectivity index (χ0) is 27.4. The Labute approximate surface area is 216 Å². The highest BCUT2D eigenvalue weighted by Crippen LogP contribution is 2.33. The van der Waals surface area contributed by atoms with E-state index < -0.39 is 60.7 Å². The van der Waals surface area contributed by atoms with Crippen LogP contribution in [0.3, 0.4) is 0 Å². The summed E-state index contributed by atoms with van der Waals surface area (Å²) in [6.45, 7) is -0.496. The third kappa shape index (κ3) is 4.30. The number of imidazole rings is 2. The molecule has 208 valence electrons. The largest absolute Gasteiger partial charge is 0.394 e. The van der Waals surface area contributed by atoms with Crippen molar-refractivity contribution in [3.8, 4) is 0 Å². The van der Waals surface area contributed by atoms with Crippen molar-refractivity contribution in [2.75, 3.05) is 24.6 Å². The molecule has 0 radical (unpaired) electrons. The second kappa shape index (κ2) is 9.64. The molecule has 6 rings (SSSR count). The normalized spacial score (nSPS) is 29.2. The molecule has 7 atom stereocenters. The molecule has 39 heavy (non-hydrogen) atoms. The number of aliphatic hydroxyl groups excluding tert-OH is 3. The fourth-order valence-corrected chi connectivity index (χ4v) is 4.82. The molecule has 4 aromatic heterocycles. The van der Waals surface area contributed by atoms with Crippen molar-refractivity contribution < 1.29 is 29.6 Å². The average Bonchev–Trinajstić information content (AvgIpc) is 3.65. The first-order valence-electron chi connectivity index (χ1n) is 11.9. The molecule has 10 N–H and O–H groups in total. The van der Waals surface area contributed by atoms with Gasteiger partial charge in [-0.15, -0.1) is 0 Å². The number of fused-ring (bicyclic) bond motifs is 2. The lowest BCUT2D eigenvalue weighted by molar-refractivity contribution is -0.115. The number of nitrogens with one attached hydrogen (secondary N) is 3. The topological polar surface area (TPSA) is 280 Å². The first kappa shape index (κ1) is 25.3. The van der Waals surface area contributed by atoms with E-state index in [9.17, 15) is 24.9 Å². The third-order valence-electron chi connectivity index (χ3n) is 6.68. The number of rotatable bonds is 7. The van der Waals surface area contributed by atoms with Gasteiger partial charge < -0.3 is 36.3 Å². The second-order valence-electron chi connectivity index (χ2n) is 9.15. The van der Waals surface area contributed by atoms with E-state index in [-0.39, 0.29) is 47.2 Å². The monoisotopic (exact) mass is 547 g/mol. The minimum atomic E-state index is -1.32. The molecule has 0 amide bonds. The predicted octanol–water partition coefficient (Wildman–Crippen LogP) is -3.79. The number of hydroxylamine groups is 1. The van der Waals surface area contributed by atoms with Gasteiger partial charge in [-0.05, 0) is 0 Å². The van der Waals surface area contributed by atoms with E-state index in [1.54, 1.807) is 0 Å². The fourth-order valence-electron chi connectivity index (χ4n) is 4.82. The van der Waals surface area contributed by atoms with Crippen LogP contribution in [0.4, 0.5) is 11.9 Å². The lowest BCUT2D eigenvalue weighted by Crippen LogP contribution is -2.43. The summed E-state index contributed by atoms with van der Waals surface area (Å²) in [7, 11) is 0. The lowest BCUT2D eigenvalue weighted by atomic mass is 10.1. The molecule has 0 spiro atoms. The zero-order valence-corrected chi connectivity index (χ0v) is 20.0. The number of H-pyrrole nitrogens is 2. The summed E-state index contributed by atoms with van der Waals surface area (Å²) in [5, 5.41) is 31.3. The van der Waals surface area contributed by atoms with E-state index in [1.165, 1.54) is 21.8 Å². The van der Waals surface area contributed by atoms with Crippen molar-refractivity contribution in [1.29, 1.82) is 0 Å². The summed E-state index contributed by atoms with van der Waals surface area (Å²) in [4.78, 5) is 50.7. The quantitative estimate of drug-likeness (QED) is 0.103. The molecule has 0 aliphatic carbocycles. The van der Waals surface area contributed by atoms with Gasteiger partial charge in [-0.25, -0.2) is 9.97 Å². The Kier molecular flexibility index (Phi) is 6.26. The number of anilines is 2. The smallest absolute Gasteiger partial charge is 0.280 e. The maximum absolute atomic E-state index is 12.1. The number of aromatic nitrogens is 8. The number of hydrogen-bond donors (Lipinski definition) is 8. The molecule has 0 bridgehead atoms. The highest BCUT2D eigenvalue weighted by atomic mass is 16.7. The van der Waals surface area contributed by atoms with Crippen LogP contribution < -0.4 is 28.1 Å². The van der Waals surface area contributed by atoms with Crippen LogP contribution in [0.1, 0.15) is 18.9 Å².